The van der Waals surface area contributed by atoms with E-state index in [0.717, 1.165) is 6.42 Å². The van der Waals surface area contributed by atoms with Gasteiger partial charge in [-0.05, 0) is 12.8 Å². The van der Waals surface area contributed by atoms with Crippen molar-refractivity contribution in [1.29, 1.82) is 5.41 Å². The van der Waals surface area contributed by atoms with Crippen molar-refractivity contribution in [2.24, 2.45) is 16.9 Å². The molecule has 5 nitrogen and oxygen atoms in total. The van der Waals surface area contributed by atoms with Crippen LogP contribution in [-0.4, -0.2) is 24.3 Å². The van der Waals surface area contributed by atoms with E-state index in [4.69, 9.17) is 16.9 Å². The Balaban J connectivity index is 3.80. The summed E-state index contributed by atoms with van der Waals surface area (Å²) in [4.78, 5) is 11.7. The zero-order valence-corrected chi connectivity index (χ0v) is 9.76. The normalized spacial score (nSPS) is 13.3. The molecule has 88 valence electrons. The Bertz CT molecular complexity index is 232. The molecule has 0 spiro atoms. The maximum atomic E-state index is 11.7. The third-order valence-corrected chi connectivity index (χ3v) is 2.08. The van der Waals surface area contributed by atoms with Crippen LogP contribution in [-0.2, 0) is 4.79 Å². The molecule has 0 aliphatic heterocycles. The first-order chi connectivity index (χ1) is 6.75. The van der Waals surface area contributed by atoms with Gasteiger partial charge in [-0.15, -0.1) is 0 Å². The second kappa shape index (κ2) is 5.70. The van der Waals surface area contributed by atoms with Gasteiger partial charge in [0.05, 0.1) is 6.04 Å². The molecule has 0 fully saturated rings. The van der Waals surface area contributed by atoms with Crippen molar-refractivity contribution >= 4 is 11.7 Å². The average molecular weight is 214 g/mol. The van der Waals surface area contributed by atoms with Gasteiger partial charge in [-0.2, -0.15) is 0 Å². The zero-order chi connectivity index (χ0) is 12.1. The third kappa shape index (κ3) is 6.06. The zero-order valence-electron chi connectivity index (χ0n) is 9.76. The minimum atomic E-state index is -0.418. The highest BCUT2D eigenvalue weighted by Gasteiger charge is 2.26. The molecule has 0 saturated carbocycles. The van der Waals surface area contributed by atoms with E-state index in [1.54, 1.807) is 0 Å². The van der Waals surface area contributed by atoms with E-state index in [-0.39, 0.29) is 17.2 Å². The number of carbonyl (C=O) groups excluding carboxylic acids is 1. The van der Waals surface area contributed by atoms with Crippen molar-refractivity contribution in [3.63, 3.8) is 0 Å². The summed E-state index contributed by atoms with van der Waals surface area (Å²) in [6.07, 6.45) is 1.36. The van der Waals surface area contributed by atoms with Crippen molar-refractivity contribution in [3.05, 3.63) is 0 Å². The molecule has 0 amide bonds. The summed E-state index contributed by atoms with van der Waals surface area (Å²) in [6.45, 7) is 6.18. The molecule has 0 aliphatic carbocycles. The number of carbonyl (C=O) groups is 1. The Morgan fingerprint density at radius 3 is 2.40 bits per heavy atom. The van der Waals surface area contributed by atoms with E-state index in [1.165, 1.54) is 0 Å². The Morgan fingerprint density at radius 2 is 2.00 bits per heavy atom. The van der Waals surface area contributed by atoms with Crippen LogP contribution < -0.4 is 16.8 Å². The first-order valence-electron chi connectivity index (χ1n) is 5.13. The van der Waals surface area contributed by atoms with Crippen LogP contribution in [0.5, 0.6) is 0 Å². The second-order valence-corrected chi connectivity index (χ2v) is 4.70. The highest BCUT2D eigenvalue weighted by Crippen LogP contribution is 2.17. The van der Waals surface area contributed by atoms with E-state index in [1.807, 2.05) is 20.8 Å². The van der Waals surface area contributed by atoms with Gasteiger partial charge in [0.2, 0.25) is 0 Å². The summed E-state index contributed by atoms with van der Waals surface area (Å²) in [6, 6.07) is -0.418. The Hall–Kier alpha value is -1.10. The maximum Gasteiger partial charge on any atom is 0.185 e. The fourth-order valence-corrected chi connectivity index (χ4v) is 1.23. The van der Waals surface area contributed by atoms with Gasteiger partial charge >= 0.3 is 0 Å². The molecule has 0 heterocycles. The number of Topliss-reactive ketones (excluding diaryl/α,β-unsaturated/α-hetero) is 1. The van der Waals surface area contributed by atoms with Gasteiger partial charge in [-0.3, -0.25) is 10.2 Å². The van der Waals surface area contributed by atoms with E-state index in [0.29, 0.717) is 13.0 Å². The monoisotopic (exact) mass is 214 g/mol. The lowest BCUT2D eigenvalue weighted by molar-refractivity contribution is -0.127. The minimum Gasteiger partial charge on any atom is -0.370 e. The lowest BCUT2D eigenvalue weighted by atomic mass is 9.85. The number of nitrogens with two attached hydrogens (primary N) is 2. The van der Waals surface area contributed by atoms with Gasteiger partial charge in [0, 0.05) is 12.0 Å². The van der Waals surface area contributed by atoms with E-state index < -0.39 is 6.04 Å². The first kappa shape index (κ1) is 13.9. The fourth-order valence-electron chi connectivity index (χ4n) is 1.23. The van der Waals surface area contributed by atoms with Crippen molar-refractivity contribution in [2.75, 3.05) is 6.54 Å². The van der Waals surface area contributed by atoms with Crippen LogP contribution in [0.4, 0.5) is 0 Å². The predicted octanol–water partition coefficient (Wildman–Crippen LogP) is 0.192. The summed E-state index contributed by atoms with van der Waals surface area (Å²) < 4.78 is 0. The Kier molecular flexibility index (Phi) is 5.28. The molecule has 15 heavy (non-hydrogen) atoms. The van der Waals surface area contributed by atoms with Gasteiger partial charge in [-0.1, -0.05) is 20.8 Å². The molecular formula is C10H22N4O. The lowest BCUT2D eigenvalue weighted by Crippen LogP contribution is -2.39. The van der Waals surface area contributed by atoms with Crippen molar-refractivity contribution in [2.45, 2.75) is 39.7 Å². The quantitative estimate of drug-likeness (QED) is 0.298. The maximum absolute atomic E-state index is 11.7. The summed E-state index contributed by atoms with van der Waals surface area (Å²) in [5.74, 6) is 0.0241. The predicted molar refractivity (Wildman–Crippen MR) is 61.6 cm³/mol. The molecule has 1 atom stereocenters. The molecular weight excluding hydrogens is 192 g/mol. The number of guanidine groups is 1. The molecule has 0 radical (unpaired) electrons. The van der Waals surface area contributed by atoms with Crippen molar-refractivity contribution in [1.82, 2.24) is 5.32 Å². The largest absolute Gasteiger partial charge is 0.370 e. The molecule has 0 aromatic carbocycles. The van der Waals surface area contributed by atoms with Crippen LogP contribution >= 0.6 is 0 Å². The van der Waals surface area contributed by atoms with E-state index >= 15 is 0 Å². The van der Waals surface area contributed by atoms with Gasteiger partial charge in [0.25, 0.3) is 0 Å². The smallest absolute Gasteiger partial charge is 0.185 e. The number of nitrogens with one attached hydrogen (secondary N) is 2. The van der Waals surface area contributed by atoms with Crippen molar-refractivity contribution in [3.8, 4) is 0 Å². The van der Waals surface area contributed by atoms with Gasteiger partial charge < -0.3 is 16.8 Å². The van der Waals surface area contributed by atoms with E-state index in [2.05, 4.69) is 5.32 Å². The van der Waals surface area contributed by atoms with Crippen molar-refractivity contribution < 1.29 is 4.79 Å². The van der Waals surface area contributed by atoms with Crippen LogP contribution in [0.25, 0.3) is 0 Å². The van der Waals surface area contributed by atoms with Gasteiger partial charge in [0.1, 0.15) is 0 Å². The average Bonchev–Trinajstić information content (AvgIpc) is 2.09. The van der Waals surface area contributed by atoms with Gasteiger partial charge in [-0.25, -0.2) is 0 Å². The Labute approximate surface area is 91.1 Å². The van der Waals surface area contributed by atoms with Crippen LogP contribution in [0.3, 0.4) is 0 Å². The molecule has 0 aromatic rings. The number of hydrogen-bond donors (Lipinski definition) is 4. The molecule has 0 unspecified atom stereocenters. The number of rotatable bonds is 5. The minimum absolute atomic E-state index is 0.0503. The number of hydrogen-bond acceptors (Lipinski definition) is 3. The Morgan fingerprint density at radius 1 is 1.47 bits per heavy atom. The second-order valence-electron chi connectivity index (χ2n) is 4.70. The van der Waals surface area contributed by atoms with Crippen LogP contribution in [0.15, 0.2) is 0 Å². The molecule has 5 heteroatoms. The lowest BCUT2D eigenvalue weighted by Gasteiger charge is -2.21. The summed E-state index contributed by atoms with van der Waals surface area (Å²) >= 11 is 0. The summed E-state index contributed by atoms with van der Waals surface area (Å²) in [5, 5.41) is 9.61. The fraction of sp³-hybridized carbons (Fsp3) is 0.800. The van der Waals surface area contributed by atoms with Crippen LogP contribution in [0.2, 0.25) is 0 Å². The molecule has 0 rings (SSSR count). The van der Waals surface area contributed by atoms with Crippen LogP contribution in [0, 0.1) is 10.8 Å². The highest BCUT2D eigenvalue weighted by atomic mass is 16.1. The van der Waals surface area contributed by atoms with Gasteiger partial charge in [0.15, 0.2) is 11.7 Å². The molecule has 6 N–H and O–H groups in total. The topological polar surface area (TPSA) is 105 Å². The third-order valence-electron chi connectivity index (χ3n) is 2.08. The highest BCUT2D eigenvalue weighted by molar-refractivity contribution is 5.88. The summed E-state index contributed by atoms with van der Waals surface area (Å²) in [5.41, 5.74) is 10.5. The number of ketones is 1. The molecule has 0 bridgehead atoms. The molecule has 0 aliphatic rings. The SMILES string of the molecule is CC(C)(C)C(=O)[C@H](N)CCCNC(=N)N. The molecule has 0 aromatic heterocycles. The summed E-state index contributed by atoms with van der Waals surface area (Å²) in [7, 11) is 0. The first-order valence-corrected chi connectivity index (χ1v) is 5.13. The molecule has 0 saturated heterocycles. The van der Waals surface area contributed by atoms with E-state index in [9.17, 15) is 4.79 Å². The standard InChI is InChI=1S/C10H22N4O/c1-10(2,3)8(15)7(11)5-4-6-14-9(12)13/h7H,4-6,11H2,1-3H3,(H4,12,13,14)/t7-/m1/s1. The van der Waals surface area contributed by atoms with Crippen LogP contribution in [0.1, 0.15) is 33.6 Å².